The number of nitriles is 1. The Morgan fingerprint density at radius 3 is 2.80 bits per heavy atom. The van der Waals surface area contributed by atoms with Gasteiger partial charge in [-0.3, -0.25) is 4.79 Å². The van der Waals surface area contributed by atoms with Crippen LogP contribution in [0.5, 0.6) is 11.5 Å². The van der Waals surface area contributed by atoms with E-state index >= 15 is 0 Å². The fourth-order valence-electron chi connectivity index (χ4n) is 2.37. The summed E-state index contributed by atoms with van der Waals surface area (Å²) in [6, 6.07) is 7.35. The lowest BCUT2D eigenvalue weighted by molar-refractivity contribution is -0.113. The minimum Gasteiger partial charge on any atom is -0.486 e. The third-order valence-electron chi connectivity index (χ3n) is 3.45. The van der Waals surface area contributed by atoms with E-state index in [2.05, 4.69) is 21.4 Å². The van der Waals surface area contributed by atoms with Crippen LogP contribution in [0, 0.1) is 25.2 Å². The van der Waals surface area contributed by atoms with Gasteiger partial charge in [0.1, 0.15) is 35.7 Å². The largest absolute Gasteiger partial charge is 0.486 e. The van der Waals surface area contributed by atoms with Gasteiger partial charge in [-0.1, -0.05) is 11.8 Å². The van der Waals surface area contributed by atoms with Crippen molar-refractivity contribution in [3.63, 3.8) is 0 Å². The van der Waals surface area contributed by atoms with Gasteiger partial charge in [-0.05, 0) is 26.0 Å². The number of nitrogens with zero attached hydrogens (tertiary/aromatic N) is 3. The summed E-state index contributed by atoms with van der Waals surface area (Å²) in [6.07, 6.45) is 0. The molecule has 3 rings (SSSR count). The zero-order valence-corrected chi connectivity index (χ0v) is 14.6. The molecule has 1 amide bonds. The predicted molar refractivity (Wildman–Crippen MR) is 93.0 cm³/mol. The minimum atomic E-state index is -0.195. The van der Waals surface area contributed by atoms with Gasteiger partial charge < -0.3 is 14.8 Å². The molecule has 1 aromatic carbocycles. The number of rotatable bonds is 4. The minimum absolute atomic E-state index is 0.138. The van der Waals surface area contributed by atoms with Crippen LogP contribution in [0.25, 0.3) is 0 Å². The second-order valence-corrected chi connectivity index (χ2v) is 6.31. The van der Waals surface area contributed by atoms with Crippen LogP contribution in [0.4, 0.5) is 5.69 Å². The van der Waals surface area contributed by atoms with Crippen molar-refractivity contribution in [1.82, 2.24) is 9.97 Å². The highest BCUT2D eigenvalue weighted by Gasteiger charge is 2.15. The lowest BCUT2D eigenvalue weighted by Crippen LogP contribution is -2.17. The maximum absolute atomic E-state index is 12.2. The first-order chi connectivity index (χ1) is 12.1. The standard InChI is InChI=1S/C17H16N4O3S/c1-10-13(8-18)17(20-11(2)19-10)25-9-16(22)21-12-3-4-14-15(7-12)24-6-5-23-14/h3-4,7H,5-6,9H2,1-2H3,(H,21,22). The molecule has 2 heterocycles. The molecule has 0 radical (unpaired) electrons. The highest BCUT2D eigenvalue weighted by molar-refractivity contribution is 8.00. The molecular weight excluding hydrogens is 340 g/mol. The van der Waals surface area contributed by atoms with Gasteiger partial charge in [0, 0.05) is 11.8 Å². The first kappa shape index (κ1) is 17.0. The molecule has 7 nitrogen and oxygen atoms in total. The summed E-state index contributed by atoms with van der Waals surface area (Å²) in [5.74, 6) is 1.81. The molecule has 2 aromatic rings. The summed E-state index contributed by atoms with van der Waals surface area (Å²) in [5, 5.41) is 12.6. The van der Waals surface area contributed by atoms with Crippen molar-refractivity contribution in [1.29, 1.82) is 5.26 Å². The van der Waals surface area contributed by atoms with Crippen LogP contribution in [-0.2, 0) is 4.79 Å². The molecule has 1 N–H and O–H groups in total. The van der Waals surface area contributed by atoms with Crippen LogP contribution in [0.1, 0.15) is 17.1 Å². The monoisotopic (exact) mass is 356 g/mol. The average Bonchev–Trinajstić information content (AvgIpc) is 2.59. The topological polar surface area (TPSA) is 97.1 Å². The van der Waals surface area contributed by atoms with Gasteiger partial charge in [-0.2, -0.15) is 5.26 Å². The molecule has 0 saturated carbocycles. The fraction of sp³-hybridized carbons (Fsp3) is 0.294. The van der Waals surface area contributed by atoms with E-state index < -0.39 is 0 Å². The van der Waals surface area contributed by atoms with Gasteiger partial charge in [-0.15, -0.1) is 0 Å². The third-order valence-corrected chi connectivity index (χ3v) is 4.42. The Kier molecular flexibility index (Phi) is 5.05. The number of carbonyl (C=O) groups is 1. The normalized spacial score (nSPS) is 12.4. The van der Waals surface area contributed by atoms with E-state index in [1.165, 1.54) is 11.8 Å². The molecule has 1 aliphatic heterocycles. The van der Waals surface area contributed by atoms with Crippen molar-refractivity contribution in [2.45, 2.75) is 18.9 Å². The zero-order chi connectivity index (χ0) is 17.8. The van der Waals surface area contributed by atoms with E-state index in [1.807, 2.05) is 0 Å². The van der Waals surface area contributed by atoms with E-state index in [-0.39, 0.29) is 11.7 Å². The number of benzene rings is 1. The van der Waals surface area contributed by atoms with Gasteiger partial charge in [0.2, 0.25) is 5.91 Å². The quantitative estimate of drug-likeness (QED) is 0.664. The van der Waals surface area contributed by atoms with Crippen LogP contribution < -0.4 is 14.8 Å². The van der Waals surface area contributed by atoms with E-state index in [0.717, 1.165) is 0 Å². The summed E-state index contributed by atoms with van der Waals surface area (Å²) >= 11 is 1.21. The average molecular weight is 356 g/mol. The third kappa shape index (κ3) is 4.00. The van der Waals surface area contributed by atoms with Gasteiger partial charge in [0.15, 0.2) is 11.5 Å². The summed E-state index contributed by atoms with van der Waals surface area (Å²) in [4.78, 5) is 20.6. The van der Waals surface area contributed by atoms with E-state index in [1.54, 1.807) is 32.0 Å². The number of anilines is 1. The summed E-state index contributed by atoms with van der Waals surface area (Å²) in [6.45, 7) is 4.53. The van der Waals surface area contributed by atoms with Crippen molar-refractivity contribution < 1.29 is 14.3 Å². The zero-order valence-electron chi connectivity index (χ0n) is 13.8. The first-order valence-electron chi connectivity index (χ1n) is 7.64. The second kappa shape index (κ2) is 7.40. The number of aromatic nitrogens is 2. The van der Waals surface area contributed by atoms with Gasteiger partial charge in [-0.25, -0.2) is 9.97 Å². The Morgan fingerprint density at radius 2 is 2.04 bits per heavy atom. The first-order valence-corrected chi connectivity index (χ1v) is 8.63. The van der Waals surface area contributed by atoms with Gasteiger partial charge >= 0.3 is 0 Å². The lowest BCUT2D eigenvalue weighted by atomic mass is 10.2. The van der Waals surface area contributed by atoms with E-state index in [4.69, 9.17) is 9.47 Å². The lowest BCUT2D eigenvalue weighted by Gasteiger charge is -2.19. The van der Waals surface area contributed by atoms with Crippen molar-refractivity contribution in [2.75, 3.05) is 24.3 Å². The highest BCUT2D eigenvalue weighted by atomic mass is 32.2. The molecular formula is C17H16N4O3S. The Hall–Kier alpha value is -2.79. The Bertz CT molecular complexity index is 864. The maximum Gasteiger partial charge on any atom is 0.234 e. The van der Waals surface area contributed by atoms with Crippen molar-refractivity contribution in [2.24, 2.45) is 0 Å². The second-order valence-electron chi connectivity index (χ2n) is 5.34. The van der Waals surface area contributed by atoms with Crippen molar-refractivity contribution >= 4 is 23.4 Å². The molecule has 0 atom stereocenters. The molecule has 1 aliphatic rings. The predicted octanol–water partition coefficient (Wildman–Crippen LogP) is 2.47. The molecule has 0 spiro atoms. The van der Waals surface area contributed by atoms with Crippen LogP contribution in [0.15, 0.2) is 23.2 Å². The summed E-state index contributed by atoms with van der Waals surface area (Å²) in [7, 11) is 0. The molecule has 8 heteroatoms. The number of carbonyl (C=O) groups excluding carboxylic acids is 1. The number of thioether (sulfide) groups is 1. The maximum atomic E-state index is 12.2. The molecule has 0 fully saturated rings. The van der Waals surface area contributed by atoms with Gasteiger partial charge in [0.25, 0.3) is 0 Å². The van der Waals surface area contributed by atoms with Crippen LogP contribution in [-0.4, -0.2) is 34.8 Å². The number of hydrogen-bond donors (Lipinski definition) is 1. The number of nitrogens with one attached hydrogen (secondary N) is 1. The fourth-order valence-corrected chi connectivity index (χ4v) is 3.24. The van der Waals surface area contributed by atoms with E-state index in [9.17, 15) is 10.1 Å². The van der Waals surface area contributed by atoms with Crippen LogP contribution in [0.3, 0.4) is 0 Å². The van der Waals surface area contributed by atoms with Gasteiger partial charge in [0.05, 0.1) is 11.4 Å². The molecule has 0 bridgehead atoms. The number of aryl methyl sites for hydroxylation is 2. The summed E-state index contributed by atoms with van der Waals surface area (Å²) < 4.78 is 10.9. The smallest absolute Gasteiger partial charge is 0.234 e. The molecule has 0 saturated heterocycles. The molecule has 0 aliphatic carbocycles. The molecule has 0 unspecified atom stereocenters. The van der Waals surface area contributed by atoms with Crippen LogP contribution >= 0.6 is 11.8 Å². The Labute approximate surface area is 149 Å². The number of fused-ring (bicyclic) bond motifs is 1. The molecule has 128 valence electrons. The molecule has 1 aromatic heterocycles. The number of ether oxygens (including phenoxy) is 2. The van der Waals surface area contributed by atoms with Crippen molar-refractivity contribution in [3.05, 3.63) is 35.3 Å². The SMILES string of the molecule is Cc1nc(C)c(C#N)c(SCC(=O)Nc2ccc3c(c2)OCCO3)n1. The molecule has 25 heavy (non-hydrogen) atoms. The summed E-state index contributed by atoms with van der Waals surface area (Å²) in [5.41, 5.74) is 1.65. The number of amides is 1. The highest BCUT2D eigenvalue weighted by Crippen LogP contribution is 2.32. The number of hydrogen-bond acceptors (Lipinski definition) is 7. The van der Waals surface area contributed by atoms with Crippen LogP contribution in [0.2, 0.25) is 0 Å². The van der Waals surface area contributed by atoms with Crippen molar-refractivity contribution in [3.8, 4) is 17.6 Å². The Balaban J connectivity index is 1.65. The van der Waals surface area contributed by atoms with E-state index in [0.29, 0.717) is 52.5 Å². The Morgan fingerprint density at radius 1 is 1.28 bits per heavy atom.